The minimum Gasteiger partial charge on any atom is -0.444 e. The summed E-state index contributed by atoms with van der Waals surface area (Å²) < 4.78 is 5.62. The van der Waals surface area contributed by atoms with E-state index in [0.29, 0.717) is 18.5 Å². The number of aliphatic imine (C=N–C) groups is 1. The van der Waals surface area contributed by atoms with Gasteiger partial charge in [0.1, 0.15) is 12.3 Å². The molecule has 146 valence electrons. The third kappa shape index (κ3) is 5.82. The van der Waals surface area contributed by atoms with Crippen molar-refractivity contribution in [2.24, 2.45) is 4.99 Å². The van der Waals surface area contributed by atoms with Gasteiger partial charge in [-0.2, -0.15) is 0 Å². The highest BCUT2D eigenvalue weighted by atomic mass is 16.4. The van der Waals surface area contributed by atoms with E-state index in [2.05, 4.69) is 62.8 Å². The average molecular weight is 370 g/mol. The van der Waals surface area contributed by atoms with Crippen LogP contribution in [0.15, 0.2) is 39.7 Å². The molecule has 2 heterocycles. The van der Waals surface area contributed by atoms with E-state index >= 15 is 0 Å². The van der Waals surface area contributed by atoms with E-state index in [4.69, 9.17) is 4.42 Å². The topological polar surface area (TPSA) is 65.7 Å². The molecule has 0 atom stereocenters. The van der Waals surface area contributed by atoms with Crippen molar-refractivity contribution in [3.63, 3.8) is 0 Å². The van der Waals surface area contributed by atoms with Crippen molar-refractivity contribution < 1.29 is 4.42 Å². The molecule has 0 bridgehead atoms. The zero-order chi connectivity index (χ0) is 19.1. The van der Waals surface area contributed by atoms with E-state index in [1.54, 1.807) is 0 Å². The van der Waals surface area contributed by atoms with Crippen molar-refractivity contribution in [2.45, 2.75) is 52.7 Å². The molecule has 1 aliphatic rings. The quantitative estimate of drug-likeness (QED) is 0.605. The van der Waals surface area contributed by atoms with E-state index in [1.807, 2.05) is 13.8 Å². The Bertz CT molecular complexity index is 713. The summed E-state index contributed by atoms with van der Waals surface area (Å²) in [5.74, 6) is 2.37. The number of oxazole rings is 1. The number of likely N-dealkylation sites (tertiary alicyclic amines) is 1. The summed E-state index contributed by atoms with van der Waals surface area (Å²) in [6.45, 7) is 10.5. The molecule has 1 aromatic carbocycles. The highest BCUT2D eigenvalue weighted by molar-refractivity contribution is 5.80. The first-order valence-electron chi connectivity index (χ1n) is 9.88. The highest BCUT2D eigenvalue weighted by Gasteiger charge is 2.20. The Morgan fingerprint density at radius 3 is 2.59 bits per heavy atom. The summed E-state index contributed by atoms with van der Waals surface area (Å²) in [4.78, 5) is 11.6. The Morgan fingerprint density at radius 1 is 1.22 bits per heavy atom. The first-order valence-corrected chi connectivity index (χ1v) is 9.88. The lowest BCUT2D eigenvalue weighted by Gasteiger charge is -2.33. The van der Waals surface area contributed by atoms with Crippen LogP contribution < -0.4 is 10.6 Å². The van der Waals surface area contributed by atoms with E-state index in [-0.39, 0.29) is 0 Å². The second kappa shape index (κ2) is 9.55. The smallest absolute Gasteiger partial charge is 0.216 e. The van der Waals surface area contributed by atoms with Gasteiger partial charge in [-0.3, -0.25) is 4.90 Å². The van der Waals surface area contributed by atoms with Crippen LogP contribution in [-0.4, -0.2) is 41.5 Å². The second-order valence-electron chi connectivity index (χ2n) is 7.12. The number of nitrogens with one attached hydrogen (secondary N) is 2. The molecule has 0 radical (unpaired) electrons. The second-order valence-corrected chi connectivity index (χ2v) is 7.12. The molecule has 3 rings (SSSR count). The van der Waals surface area contributed by atoms with Crippen LogP contribution in [0.3, 0.4) is 0 Å². The van der Waals surface area contributed by atoms with Gasteiger partial charge >= 0.3 is 0 Å². The van der Waals surface area contributed by atoms with Crippen LogP contribution in [0.1, 0.15) is 42.7 Å². The van der Waals surface area contributed by atoms with Crippen LogP contribution in [0.5, 0.6) is 0 Å². The normalized spacial score (nSPS) is 16.5. The molecule has 6 nitrogen and oxygen atoms in total. The molecular weight excluding hydrogens is 338 g/mol. The predicted molar refractivity (Wildman–Crippen MR) is 109 cm³/mol. The fourth-order valence-corrected chi connectivity index (χ4v) is 3.34. The van der Waals surface area contributed by atoms with Crippen LogP contribution in [0.4, 0.5) is 0 Å². The molecule has 0 saturated carbocycles. The largest absolute Gasteiger partial charge is 0.444 e. The lowest BCUT2D eigenvalue weighted by molar-refractivity contribution is 0.198. The number of aromatic nitrogens is 1. The lowest BCUT2D eigenvalue weighted by Crippen LogP contribution is -2.48. The van der Waals surface area contributed by atoms with Crippen molar-refractivity contribution in [3.8, 4) is 0 Å². The molecule has 1 aromatic heterocycles. The van der Waals surface area contributed by atoms with Gasteiger partial charge in [0.15, 0.2) is 5.96 Å². The number of hydrogen-bond donors (Lipinski definition) is 2. The van der Waals surface area contributed by atoms with E-state index < -0.39 is 0 Å². The predicted octanol–water partition coefficient (Wildman–Crippen LogP) is 3.01. The van der Waals surface area contributed by atoms with Crippen molar-refractivity contribution in [3.05, 3.63) is 53.2 Å². The first kappa shape index (κ1) is 19.4. The molecular formula is C21H31N5O. The Hall–Kier alpha value is -2.34. The summed E-state index contributed by atoms with van der Waals surface area (Å²) in [6, 6.07) is 11.1. The van der Waals surface area contributed by atoms with Crippen LogP contribution in [-0.2, 0) is 13.1 Å². The lowest BCUT2D eigenvalue weighted by atomic mass is 10.0. The number of piperidine rings is 1. The van der Waals surface area contributed by atoms with E-state index in [9.17, 15) is 0 Å². The maximum absolute atomic E-state index is 5.62. The van der Waals surface area contributed by atoms with Gasteiger partial charge in [-0.25, -0.2) is 9.98 Å². The van der Waals surface area contributed by atoms with Gasteiger partial charge in [0.2, 0.25) is 5.89 Å². The van der Waals surface area contributed by atoms with Gasteiger partial charge < -0.3 is 15.1 Å². The fraction of sp³-hybridized carbons (Fsp3) is 0.524. The number of rotatable bonds is 6. The monoisotopic (exact) mass is 369 g/mol. The van der Waals surface area contributed by atoms with Gasteiger partial charge in [0, 0.05) is 32.2 Å². The van der Waals surface area contributed by atoms with Gasteiger partial charge in [0.25, 0.3) is 0 Å². The maximum atomic E-state index is 5.62. The van der Waals surface area contributed by atoms with Crippen LogP contribution in [0.2, 0.25) is 0 Å². The van der Waals surface area contributed by atoms with Gasteiger partial charge in [0.05, 0.1) is 5.69 Å². The molecule has 1 saturated heterocycles. The third-order valence-electron chi connectivity index (χ3n) is 4.97. The van der Waals surface area contributed by atoms with Gasteiger partial charge in [-0.1, -0.05) is 30.3 Å². The minimum absolute atomic E-state index is 0.447. The standard InChI is InChI=1S/C21H31N5O/c1-4-22-21(23-14-20-24-16(2)17(3)27-20)25-19-10-12-26(13-11-19)15-18-8-6-5-7-9-18/h5-9,19H,4,10-15H2,1-3H3,(H2,22,23,25). The first-order chi connectivity index (χ1) is 13.1. The Labute approximate surface area is 162 Å². The zero-order valence-corrected chi connectivity index (χ0v) is 16.7. The summed E-state index contributed by atoms with van der Waals surface area (Å²) >= 11 is 0. The van der Waals surface area contributed by atoms with Crippen molar-refractivity contribution in [1.82, 2.24) is 20.5 Å². The zero-order valence-electron chi connectivity index (χ0n) is 16.7. The van der Waals surface area contributed by atoms with Gasteiger partial charge in [-0.05, 0) is 39.2 Å². The molecule has 1 fully saturated rings. The molecule has 0 unspecified atom stereocenters. The van der Waals surface area contributed by atoms with E-state index in [0.717, 1.165) is 56.4 Å². The summed E-state index contributed by atoms with van der Waals surface area (Å²) in [5.41, 5.74) is 2.32. The fourth-order valence-electron chi connectivity index (χ4n) is 3.34. The van der Waals surface area contributed by atoms with Gasteiger partial charge in [-0.15, -0.1) is 0 Å². The number of hydrogen-bond acceptors (Lipinski definition) is 4. The van der Waals surface area contributed by atoms with Crippen LogP contribution >= 0.6 is 0 Å². The SMILES string of the molecule is CCNC(=NCc1nc(C)c(C)o1)NC1CCN(Cc2ccccc2)CC1. The Kier molecular flexibility index (Phi) is 6.87. The number of benzene rings is 1. The van der Waals surface area contributed by atoms with Crippen molar-refractivity contribution in [1.29, 1.82) is 0 Å². The average Bonchev–Trinajstić information content (AvgIpc) is 3.00. The summed E-state index contributed by atoms with van der Waals surface area (Å²) in [6.07, 6.45) is 2.24. The minimum atomic E-state index is 0.447. The highest BCUT2D eigenvalue weighted by Crippen LogP contribution is 2.14. The van der Waals surface area contributed by atoms with Crippen molar-refractivity contribution >= 4 is 5.96 Å². The number of aryl methyl sites for hydroxylation is 2. The molecule has 0 amide bonds. The molecule has 2 N–H and O–H groups in total. The molecule has 1 aliphatic heterocycles. The molecule has 2 aromatic rings. The molecule has 6 heteroatoms. The molecule has 0 spiro atoms. The Balaban J connectivity index is 1.49. The number of guanidine groups is 1. The molecule has 0 aliphatic carbocycles. The van der Waals surface area contributed by atoms with Crippen LogP contribution in [0.25, 0.3) is 0 Å². The Morgan fingerprint density at radius 2 is 1.96 bits per heavy atom. The third-order valence-corrected chi connectivity index (χ3v) is 4.97. The summed E-state index contributed by atoms with van der Waals surface area (Å²) in [5, 5.41) is 6.90. The van der Waals surface area contributed by atoms with E-state index in [1.165, 1.54) is 5.56 Å². The summed E-state index contributed by atoms with van der Waals surface area (Å²) in [7, 11) is 0. The maximum Gasteiger partial charge on any atom is 0.216 e. The molecule has 27 heavy (non-hydrogen) atoms. The van der Waals surface area contributed by atoms with Crippen molar-refractivity contribution in [2.75, 3.05) is 19.6 Å². The number of nitrogens with zero attached hydrogens (tertiary/aromatic N) is 3. The van der Waals surface area contributed by atoms with Crippen LogP contribution in [0, 0.1) is 13.8 Å².